The summed E-state index contributed by atoms with van der Waals surface area (Å²) in [4.78, 5) is 7.91. The largest absolute Gasteiger partial charge is 0.490 e. The first-order valence-electron chi connectivity index (χ1n) is 4.88. The number of rotatable bonds is 3. The number of hydrogen-bond donors (Lipinski definition) is 1. The maximum Gasteiger partial charge on any atom is 0.199 e. The van der Waals surface area contributed by atoms with Crippen LogP contribution in [0.25, 0.3) is 0 Å². The molecule has 2 rings (SSSR count). The summed E-state index contributed by atoms with van der Waals surface area (Å²) in [5.41, 5.74) is 0.694. The molecule has 94 valence electrons. The molecule has 1 N–H and O–H groups in total. The van der Waals surface area contributed by atoms with Crippen molar-refractivity contribution in [3.8, 4) is 5.75 Å². The lowest BCUT2D eigenvalue weighted by atomic mass is 10.3. The number of methoxy groups -OCH3 is 1. The molecule has 1 aromatic heterocycles. The number of aromatic nitrogens is 2. The average Bonchev–Trinajstić information content (AvgIpc) is 2.34. The number of benzene rings is 1. The maximum atomic E-state index is 6.08. The van der Waals surface area contributed by atoms with Crippen LogP contribution in [0.1, 0.15) is 0 Å². The van der Waals surface area contributed by atoms with Crippen LogP contribution in [0, 0.1) is 0 Å². The van der Waals surface area contributed by atoms with Gasteiger partial charge in [-0.1, -0.05) is 39.1 Å². The topological polar surface area (TPSA) is 47.0 Å². The van der Waals surface area contributed by atoms with Gasteiger partial charge >= 0.3 is 0 Å². The molecule has 18 heavy (non-hydrogen) atoms. The summed E-state index contributed by atoms with van der Waals surface area (Å²) < 4.78 is 6.04. The average molecular weight is 349 g/mol. The van der Waals surface area contributed by atoms with Crippen LogP contribution >= 0.6 is 39.1 Å². The van der Waals surface area contributed by atoms with Gasteiger partial charge in [-0.2, -0.15) is 0 Å². The predicted octanol–water partition coefficient (Wildman–Crippen LogP) is 4.30. The lowest BCUT2D eigenvalue weighted by Crippen LogP contribution is -1.99. The third-order valence-corrected chi connectivity index (χ3v) is 3.24. The minimum Gasteiger partial charge on any atom is -0.490 e. The molecule has 1 aromatic carbocycles. The number of halogens is 3. The van der Waals surface area contributed by atoms with Gasteiger partial charge < -0.3 is 10.1 Å². The fraction of sp³-hybridized carbons (Fsp3) is 0.0909. The summed E-state index contributed by atoms with van der Waals surface area (Å²) in [7, 11) is 1.50. The summed E-state index contributed by atoms with van der Waals surface area (Å²) in [5.74, 6) is 0.827. The van der Waals surface area contributed by atoms with Gasteiger partial charge in [0.1, 0.15) is 6.33 Å². The fourth-order valence-corrected chi connectivity index (χ4v) is 2.08. The van der Waals surface area contributed by atoms with Gasteiger partial charge in [-0.25, -0.2) is 9.97 Å². The second-order valence-corrected chi connectivity index (χ2v) is 4.98. The SMILES string of the molecule is COc1c(Cl)ncnc1Nc1cc(Br)ccc1Cl. The maximum absolute atomic E-state index is 6.08. The Bertz CT molecular complexity index is 580. The molecule has 0 fully saturated rings. The third kappa shape index (κ3) is 2.85. The van der Waals surface area contributed by atoms with Crippen LogP contribution < -0.4 is 10.1 Å². The van der Waals surface area contributed by atoms with E-state index in [2.05, 4.69) is 31.2 Å². The van der Waals surface area contributed by atoms with Crippen LogP contribution in [-0.2, 0) is 0 Å². The highest BCUT2D eigenvalue weighted by Gasteiger charge is 2.11. The van der Waals surface area contributed by atoms with E-state index in [0.717, 1.165) is 4.47 Å². The van der Waals surface area contributed by atoms with Crippen molar-refractivity contribution in [2.45, 2.75) is 0 Å². The van der Waals surface area contributed by atoms with E-state index in [-0.39, 0.29) is 5.15 Å². The van der Waals surface area contributed by atoms with Gasteiger partial charge in [-0.3, -0.25) is 0 Å². The lowest BCUT2D eigenvalue weighted by Gasteiger charge is -2.11. The van der Waals surface area contributed by atoms with E-state index < -0.39 is 0 Å². The Balaban J connectivity index is 2.40. The molecule has 0 atom stereocenters. The van der Waals surface area contributed by atoms with Crippen molar-refractivity contribution >= 4 is 50.6 Å². The number of anilines is 2. The molecule has 1 heterocycles. The van der Waals surface area contributed by atoms with Gasteiger partial charge in [0.25, 0.3) is 0 Å². The first kappa shape index (κ1) is 13.4. The standard InChI is InChI=1S/C11H8BrCl2N3O/c1-18-9-10(14)15-5-16-11(9)17-8-4-6(12)2-3-7(8)13/h2-5H,1H3,(H,15,16,17). The number of nitrogens with zero attached hydrogens (tertiary/aromatic N) is 2. The molecule has 0 saturated carbocycles. The van der Waals surface area contributed by atoms with Gasteiger partial charge in [0.05, 0.1) is 17.8 Å². The Hall–Kier alpha value is -1.04. The minimum absolute atomic E-state index is 0.237. The molecule has 0 spiro atoms. The van der Waals surface area contributed by atoms with Gasteiger partial charge in [-0.05, 0) is 18.2 Å². The van der Waals surface area contributed by atoms with Crippen molar-refractivity contribution in [1.29, 1.82) is 0 Å². The normalized spacial score (nSPS) is 10.2. The summed E-state index contributed by atoms with van der Waals surface area (Å²) in [6.45, 7) is 0. The summed E-state index contributed by atoms with van der Waals surface area (Å²) in [5, 5.41) is 3.85. The Morgan fingerprint density at radius 1 is 1.28 bits per heavy atom. The molecule has 4 nitrogen and oxygen atoms in total. The van der Waals surface area contributed by atoms with E-state index >= 15 is 0 Å². The van der Waals surface area contributed by atoms with Crippen LogP contribution in [0.15, 0.2) is 29.0 Å². The van der Waals surface area contributed by atoms with Crippen LogP contribution in [0.2, 0.25) is 10.2 Å². The highest BCUT2D eigenvalue weighted by Crippen LogP contribution is 2.34. The summed E-state index contributed by atoms with van der Waals surface area (Å²) >= 11 is 15.4. The molecule has 0 radical (unpaired) electrons. The molecular weight excluding hydrogens is 341 g/mol. The summed E-state index contributed by atoms with van der Waals surface area (Å²) in [6, 6.07) is 5.44. The molecule has 0 aliphatic rings. The first-order valence-corrected chi connectivity index (χ1v) is 6.43. The van der Waals surface area contributed by atoms with Gasteiger partial charge in [0.2, 0.25) is 0 Å². The van der Waals surface area contributed by atoms with E-state index in [1.165, 1.54) is 13.4 Å². The van der Waals surface area contributed by atoms with Crippen LogP contribution in [-0.4, -0.2) is 17.1 Å². The van der Waals surface area contributed by atoms with Crippen molar-refractivity contribution in [3.05, 3.63) is 39.2 Å². The Labute approximate surface area is 122 Å². The molecule has 7 heteroatoms. The summed E-state index contributed by atoms with van der Waals surface area (Å²) in [6.07, 6.45) is 1.35. The Morgan fingerprint density at radius 2 is 2.06 bits per heavy atom. The number of ether oxygens (including phenoxy) is 1. The molecular formula is C11H8BrCl2N3O. The quantitative estimate of drug-likeness (QED) is 0.840. The zero-order valence-corrected chi connectivity index (χ0v) is 12.3. The minimum atomic E-state index is 0.237. The third-order valence-electron chi connectivity index (χ3n) is 2.15. The molecule has 0 saturated heterocycles. The molecule has 0 amide bonds. The van der Waals surface area contributed by atoms with E-state index in [4.69, 9.17) is 27.9 Å². The van der Waals surface area contributed by atoms with Crippen molar-refractivity contribution in [3.63, 3.8) is 0 Å². The number of nitrogens with one attached hydrogen (secondary N) is 1. The van der Waals surface area contributed by atoms with Crippen LogP contribution in [0.3, 0.4) is 0 Å². The predicted molar refractivity (Wildman–Crippen MR) is 76.0 cm³/mol. The van der Waals surface area contributed by atoms with Gasteiger partial charge in [0, 0.05) is 4.47 Å². The number of hydrogen-bond acceptors (Lipinski definition) is 4. The van der Waals surface area contributed by atoms with Crippen LogP contribution in [0.4, 0.5) is 11.5 Å². The smallest absolute Gasteiger partial charge is 0.199 e. The molecule has 0 unspecified atom stereocenters. The fourth-order valence-electron chi connectivity index (χ4n) is 1.34. The van der Waals surface area contributed by atoms with E-state index in [1.807, 2.05) is 12.1 Å². The second-order valence-electron chi connectivity index (χ2n) is 3.30. The Kier molecular flexibility index (Phi) is 4.27. The molecule has 0 aliphatic carbocycles. The molecule has 0 bridgehead atoms. The van der Waals surface area contributed by atoms with E-state index in [1.54, 1.807) is 6.07 Å². The zero-order valence-electron chi connectivity index (χ0n) is 9.25. The van der Waals surface area contributed by atoms with E-state index in [0.29, 0.717) is 22.3 Å². The molecule has 2 aromatic rings. The van der Waals surface area contributed by atoms with Crippen molar-refractivity contribution in [1.82, 2.24) is 9.97 Å². The van der Waals surface area contributed by atoms with Crippen molar-refractivity contribution < 1.29 is 4.74 Å². The van der Waals surface area contributed by atoms with Crippen molar-refractivity contribution in [2.75, 3.05) is 12.4 Å². The highest BCUT2D eigenvalue weighted by atomic mass is 79.9. The second kappa shape index (κ2) is 5.73. The van der Waals surface area contributed by atoms with Gasteiger partial charge in [-0.15, -0.1) is 0 Å². The molecule has 0 aliphatic heterocycles. The lowest BCUT2D eigenvalue weighted by molar-refractivity contribution is 0.413. The Morgan fingerprint density at radius 3 is 2.78 bits per heavy atom. The van der Waals surface area contributed by atoms with Crippen LogP contribution in [0.5, 0.6) is 5.75 Å². The van der Waals surface area contributed by atoms with Gasteiger partial charge in [0.15, 0.2) is 16.7 Å². The monoisotopic (exact) mass is 347 g/mol. The first-order chi connectivity index (χ1) is 8.61. The van der Waals surface area contributed by atoms with Crippen molar-refractivity contribution in [2.24, 2.45) is 0 Å². The van der Waals surface area contributed by atoms with E-state index in [9.17, 15) is 0 Å². The highest BCUT2D eigenvalue weighted by molar-refractivity contribution is 9.10. The zero-order chi connectivity index (χ0) is 13.1.